The summed E-state index contributed by atoms with van der Waals surface area (Å²) in [6.07, 6.45) is -0.610. The molecule has 1 unspecified atom stereocenters. The molecule has 0 aliphatic heterocycles. The van der Waals surface area contributed by atoms with Crippen LogP contribution in [0.25, 0.3) is 0 Å². The first kappa shape index (κ1) is 15.7. The Bertz CT molecular complexity index is 272. The van der Waals surface area contributed by atoms with Crippen molar-refractivity contribution in [1.29, 1.82) is 0 Å². The van der Waals surface area contributed by atoms with Crippen molar-refractivity contribution in [3.63, 3.8) is 0 Å². The molecule has 17 heavy (non-hydrogen) atoms. The Kier molecular flexibility index (Phi) is 5.95. The monoisotopic (exact) mass is 245 g/mol. The zero-order valence-corrected chi connectivity index (χ0v) is 11.4. The van der Waals surface area contributed by atoms with E-state index in [9.17, 15) is 9.59 Å². The molecule has 0 aromatic heterocycles. The van der Waals surface area contributed by atoms with E-state index in [0.717, 1.165) is 0 Å². The Morgan fingerprint density at radius 3 is 2.06 bits per heavy atom. The van der Waals surface area contributed by atoms with Crippen LogP contribution in [-0.4, -0.2) is 29.7 Å². The Morgan fingerprint density at radius 1 is 1.12 bits per heavy atom. The molecule has 0 aliphatic rings. The summed E-state index contributed by atoms with van der Waals surface area (Å²) >= 11 is 0. The van der Waals surface area contributed by atoms with E-state index in [1.54, 1.807) is 27.7 Å². The van der Waals surface area contributed by atoms with Crippen LogP contribution >= 0.6 is 0 Å². The molecule has 0 radical (unpaired) electrons. The minimum atomic E-state index is -0.610. The molecule has 6 nitrogen and oxygen atoms in total. The van der Waals surface area contributed by atoms with Gasteiger partial charge in [-0.1, -0.05) is 0 Å². The van der Waals surface area contributed by atoms with E-state index < -0.39 is 17.7 Å². The average Bonchev–Trinajstić information content (AvgIpc) is 2.10. The summed E-state index contributed by atoms with van der Waals surface area (Å²) in [5.41, 5.74) is 4.33. The fourth-order valence-corrected chi connectivity index (χ4v) is 0.946. The molecule has 0 heterocycles. The highest BCUT2D eigenvalue weighted by atomic mass is 16.6. The normalized spacial score (nSPS) is 13.1. The minimum Gasteiger partial charge on any atom is -0.443 e. The van der Waals surface area contributed by atoms with Crippen LogP contribution in [0.4, 0.5) is 4.79 Å². The van der Waals surface area contributed by atoms with E-state index in [1.807, 2.05) is 13.8 Å². The van der Waals surface area contributed by atoms with Crippen LogP contribution in [0.5, 0.6) is 0 Å². The summed E-state index contributed by atoms with van der Waals surface area (Å²) in [4.78, 5) is 22.8. The smallest absolute Gasteiger partial charge is 0.422 e. The van der Waals surface area contributed by atoms with Gasteiger partial charge in [-0.2, -0.15) is 0 Å². The third-order valence-electron chi connectivity index (χ3n) is 1.61. The van der Waals surface area contributed by atoms with E-state index in [1.165, 1.54) is 0 Å². The molecule has 2 amide bonds. The summed E-state index contributed by atoms with van der Waals surface area (Å²) in [5.74, 6) is -0.184. The Balaban J connectivity index is 3.95. The summed E-state index contributed by atoms with van der Waals surface area (Å²) in [7, 11) is 0. The van der Waals surface area contributed by atoms with Crippen molar-refractivity contribution in [1.82, 2.24) is 16.2 Å². The average molecular weight is 245 g/mol. The lowest BCUT2D eigenvalue weighted by molar-refractivity contribution is -0.123. The molecule has 0 saturated heterocycles. The second kappa shape index (κ2) is 6.44. The maximum atomic E-state index is 11.5. The van der Waals surface area contributed by atoms with Gasteiger partial charge < -0.3 is 10.1 Å². The minimum absolute atomic E-state index is 0.0632. The van der Waals surface area contributed by atoms with Crippen molar-refractivity contribution >= 4 is 12.0 Å². The highest BCUT2D eigenvalue weighted by molar-refractivity contribution is 5.81. The number of nitrogens with one attached hydrogen (secondary N) is 3. The lowest BCUT2D eigenvalue weighted by atomic mass is 10.2. The maximum Gasteiger partial charge on any atom is 0.422 e. The molecule has 0 saturated carbocycles. The van der Waals surface area contributed by atoms with Crippen molar-refractivity contribution in [3.8, 4) is 0 Å². The van der Waals surface area contributed by atoms with Gasteiger partial charge in [-0.05, 0) is 41.5 Å². The van der Waals surface area contributed by atoms with Gasteiger partial charge in [-0.15, -0.1) is 0 Å². The second-order valence-corrected chi connectivity index (χ2v) is 5.16. The van der Waals surface area contributed by atoms with Crippen LogP contribution in [0, 0.1) is 0 Å². The molecule has 0 aromatic rings. The molecule has 0 rings (SSSR count). The number of carbonyl (C=O) groups excluding carboxylic acids is 2. The Morgan fingerprint density at radius 2 is 1.65 bits per heavy atom. The van der Waals surface area contributed by atoms with E-state index in [2.05, 4.69) is 16.2 Å². The Hall–Kier alpha value is -1.30. The van der Waals surface area contributed by atoms with Gasteiger partial charge in [0.25, 0.3) is 0 Å². The molecular weight excluding hydrogens is 222 g/mol. The fourth-order valence-electron chi connectivity index (χ4n) is 0.946. The number of ether oxygens (including phenoxy) is 1. The maximum absolute atomic E-state index is 11.5. The van der Waals surface area contributed by atoms with E-state index >= 15 is 0 Å². The summed E-state index contributed by atoms with van der Waals surface area (Å²) in [6.45, 7) is 10.7. The van der Waals surface area contributed by atoms with Gasteiger partial charge in [0.1, 0.15) is 11.6 Å². The highest BCUT2D eigenvalue weighted by Crippen LogP contribution is 2.05. The molecule has 0 bridgehead atoms. The molecule has 100 valence electrons. The molecule has 0 spiro atoms. The molecule has 6 heteroatoms. The predicted molar refractivity (Wildman–Crippen MR) is 65.2 cm³/mol. The van der Waals surface area contributed by atoms with Crippen LogP contribution in [0.15, 0.2) is 0 Å². The van der Waals surface area contributed by atoms with E-state index in [4.69, 9.17) is 4.74 Å². The van der Waals surface area contributed by atoms with Gasteiger partial charge in [-0.3, -0.25) is 10.2 Å². The molecule has 0 fully saturated rings. The third kappa shape index (κ3) is 8.50. The SMILES string of the molecule is CC(C)NC(=O)C(C)NNC(=O)OC(C)(C)C. The van der Waals surface area contributed by atoms with Gasteiger partial charge in [0, 0.05) is 6.04 Å². The molecular formula is C11H23N3O3. The number of carbonyl (C=O) groups is 2. The van der Waals surface area contributed by atoms with Crippen molar-refractivity contribution in [2.24, 2.45) is 0 Å². The highest BCUT2D eigenvalue weighted by Gasteiger charge is 2.18. The lowest BCUT2D eigenvalue weighted by Gasteiger charge is -2.21. The zero-order chi connectivity index (χ0) is 13.6. The van der Waals surface area contributed by atoms with Gasteiger partial charge >= 0.3 is 6.09 Å². The fraction of sp³-hybridized carbons (Fsp3) is 0.818. The quantitative estimate of drug-likeness (QED) is 0.644. The number of hydrogen-bond acceptors (Lipinski definition) is 4. The Labute approximate surface area is 102 Å². The third-order valence-corrected chi connectivity index (χ3v) is 1.61. The van der Waals surface area contributed by atoms with Gasteiger partial charge in [0.2, 0.25) is 5.91 Å². The van der Waals surface area contributed by atoms with Crippen molar-refractivity contribution in [3.05, 3.63) is 0 Å². The molecule has 0 aromatic carbocycles. The molecule has 3 N–H and O–H groups in total. The van der Waals surface area contributed by atoms with Crippen LogP contribution in [0.1, 0.15) is 41.5 Å². The van der Waals surface area contributed by atoms with Crippen LogP contribution in [0.3, 0.4) is 0 Å². The first-order valence-corrected chi connectivity index (χ1v) is 5.66. The molecule has 0 aliphatic carbocycles. The van der Waals surface area contributed by atoms with E-state index in [-0.39, 0.29) is 11.9 Å². The predicted octanol–water partition coefficient (Wildman–Crippen LogP) is 0.929. The second-order valence-electron chi connectivity index (χ2n) is 5.16. The topological polar surface area (TPSA) is 79.5 Å². The summed E-state index contributed by atoms with van der Waals surface area (Å²) < 4.78 is 5.00. The van der Waals surface area contributed by atoms with Crippen LogP contribution in [0.2, 0.25) is 0 Å². The van der Waals surface area contributed by atoms with Gasteiger partial charge in [0.15, 0.2) is 0 Å². The zero-order valence-electron chi connectivity index (χ0n) is 11.4. The standard InChI is InChI=1S/C11H23N3O3/c1-7(2)12-9(15)8(3)13-14-10(16)17-11(4,5)6/h7-8,13H,1-6H3,(H,12,15)(H,14,16). The number of rotatable bonds is 4. The van der Waals surface area contributed by atoms with Gasteiger partial charge in [0.05, 0.1) is 0 Å². The van der Waals surface area contributed by atoms with Gasteiger partial charge in [-0.25, -0.2) is 10.2 Å². The first-order chi connectivity index (χ1) is 7.61. The van der Waals surface area contributed by atoms with Crippen LogP contribution < -0.4 is 16.2 Å². The van der Waals surface area contributed by atoms with Crippen molar-refractivity contribution < 1.29 is 14.3 Å². The van der Waals surface area contributed by atoms with Crippen molar-refractivity contribution in [2.75, 3.05) is 0 Å². The number of hydrogen-bond donors (Lipinski definition) is 3. The summed E-state index contributed by atoms with van der Waals surface area (Å²) in [6, 6.07) is -0.460. The van der Waals surface area contributed by atoms with Crippen molar-refractivity contribution in [2.45, 2.75) is 59.2 Å². The first-order valence-electron chi connectivity index (χ1n) is 5.66. The number of hydrazine groups is 1. The lowest BCUT2D eigenvalue weighted by Crippen LogP contribution is -2.52. The molecule has 1 atom stereocenters. The largest absolute Gasteiger partial charge is 0.443 e. The summed E-state index contributed by atoms with van der Waals surface area (Å²) in [5, 5.41) is 2.72. The van der Waals surface area contributed by atoms with Crippen LogP contribution in [-0.2, 0) is 9.53 Å². The van der Waals surface area contributed by atoms with E-state index in [0.29, 0.717) is 0 Å². The number of amides is 2.